The molecule has 0 saturated heterocycles. The van der Waals surface area contributed by atoms with E-state index in [1.165, 1.54) is 0 Å². The van der Waals surface area contributed by atoms with Crippen molar-refractivity contribution in [3.63, 3.8) is 0 Å². The standard InChI is InChI=1S/C37H20N4O2/c1-17-6-15-27-29(16-17)41-35(39-27)23-12-8-19-18-7-11-22-32-24(36(42)40-28-5-3-2-4-26(28)38-34(22)40)13-9-20(30(18)32)21-10-14-25(37(41)43)33(23)31(19)21/h2-5,7-17H,6H2,1H3. The molecule has 4 heterocycles. The minimum Gasteiger partial charge on any atom is -0.268 e. The summed E-state index contributed by atoms with van der Waals surface area (Å²) in [5.41, 5.74) is 2.94. The van der Waals surface area contributed by atoms with E-state index in [4.69, 9.17) is 9.97 Å². The normalized spacial score (nSPS) is 15.8. The molecular formula is C37H20N4O2. The summed E-state index contributed by atoms with van der Waals surface area (Å²) < 4.78 is 3.56. The number of benzene rings is 6. The summed E-state index contributed by atoms with van der Waals surface area (Å²) >= 11 is 0. The van der Waals surface area contributed by atoms with E-state index in [1.807, 2.05) is 36.4 Å². The van der Waals surface area contributed by atoms with E-state index >= 15 is 0 Å². The monoisotopic (exact) mass is 552 g/mol. The molecule has 0 saturated carbocycles. The fourth-order valence-corrected chi connectivity index (χ4v) is 8.05. The summed E-state index contributed by atoms with van der Waals surface area (Å²) in [6, 6.07) is 24.5. The largest absolute Gasteiger partial charge is 0.268 e. The Balaban J connectivity index is 1.39. The topological polar surface area (TPSA) is 68.7 Å². The van der Waals surface area contributed by atoms with Crippen molar-refractivity contribution in [3.8, 4) is 0 Å². The van der Waals surface area contributed by atoms with Crippen LogP contribution in [0.5, 0.6) is 0 Å². The van der Waals surface area contributed by atoms with Crippen molar-refractivity contribution in [3.05, 3.63) is 104 Å². The van der Waals surface area contributed by atoms with Crippen LogP contribution in [0.3, 0.4) is 0 Å². The van der Waals surface area contributed by atoms with Gasteiger partial charge >= 0.3 is 0 Å². The highest BCUT2D eigenvalue weighted by Gasteiger charge is 2.23. The molecule has 1 aliphatic carbocycles. The first-order chi connectivity index (χ1) is 21.1. The van der Waals surface area contributed by atoms with Gasteiger partial charge in [-0.1, -0.05) is 55.5 Å². The van der Waals surface area contributed by atoms with E-state index in [2.05, 4.69) is 55.5 Å². The number of hydrogen-bond acceptors (Lipinski definition) is 4. The van der Waals surface area contributed by atoms with E-state index in [0.29, 0.717) is 28.0 Å². The number of imidazole rings is 2. The quantitative estimate of drug-likeness (QED) is 0.179. The second-order valence-electron chi connectivity index (χ2n) is 12.1. The summed E-state index contributed by atoms with van der Waals surface area (Å²) in [5.74, 6) is 0.361. The summed E-state index contributed by atoms with van der Waals surface area (Å²) in [4.78, 5) is 38.0. The number of para-hydroxylation sites is 2. The molecule has 1 unspecified atom stereocenters. The van der Waals surface area contributed by atoms with Crippen LogP contribution in [-0.4, -0.2) is 18.8 Å². The van der Waals surface area contributed by atoms with Crippen LogP contribution in [0.1, 0.15) is 13.3 Å². The number of pyridine rings is 2. The molecule has 4 aromatic heterocycles. The van der Waals surface area contributed by atoms with E-state index in [9.17, 15) is 9.59 Å². The highest BCUT2D eigenvalue weighted by atomic mass is 16.1. The van der Waals surface area contributed by atoms with Crippen molar-refractivity contribution in [1.82, 2.24) is 18.8 Å². The minimum atomic E-state index is -0.0553. The third-order valence-electron chi connectivity index (χ3n) is 9.88. The van der Waals surface area contributed by atoms with Crippen molar-refractivity contribution in [2.24, 2.45) is 5.92 Å². The molecule has 6 nitrogen and oxygen atoms in total. The van der Waals surface area contributed by atoms with Gasteiger partial charge in [-0.2, -0.15) is 0 Å². The van der Waals surface area contributed by atoms with E-state index < -0.39 is 0 Å². The molecule has 0 amide bonds. The maximum absolute atomic E-state index is 14.1. The first kappa shape index (κ1) is 22.0. The Bertz CT molecular complexity index is 3130. The van der Waals surface area contributed by atoms with E-state index in [0.717, 1.165) is 82.0 Å². The van der Waals surface area contributed by atoms with Crippen molar-refractivity contribution < 1.29 is 0 Å². The van der Waals surface area contributed by atoms with Crippen LogP contribution >= 0.6 is 0 Å². The van der Waals surface area contributed by atoms with Gasteiger partial charge in [0.1, 0.15) is 11.3 Å². The van der Waals surface area contributed by atoms with Crippen molar-refractivity contribution in [2.75, 3.05) is 0 Å². The lowest BCUT2D eigenvalue weighted by molar-refractivity contribution is 0.791. The van der Waals surface area contributed by atoms with Crippen LogP contribution in [0.25, 0.3) is 99.1 Å². The molecule has 0 spiro atoms. The number of hydrogen-bond donors (Lipinski definition) is 0. The minimum absolute atomic E-state index is 0.0285. The zero-order valence-electron chi connectivity index (χ0n) is 23.0. The maximum Gasteiger partial charge on any atom is 0.264 e. The zero-order valence-corrected chi connectivity index (χ0v) is 23.0. The van der Waals surface area contributed by atoms with Crippen molar-refractivity contribution in [1.29, 1.82) is 0 Å². The van der Waals surface area contributed by atoms with Gasteiger partial charge in [0.2, 0.25) is 0 Å². The fourth-order valence-electron chi connectivity index (χ4n) is 8.05. The van der Waals surface area contributed by atoms with Gasteiger partial charge in [0.05, 0.1) is 21.7 Å². The lowest BCUT2D eigenvalue weighted by Crippen LogP contribution is -2.35. The first-order valence-corrected chi connectivity index (χ1v) is 14.7. The number of fused-ring (bicyclic) bond motifs is 10. The smallest absolute Gasteiger partial charge is 0.264 e. The van der Waals surface area contributed by atoms with Gasteiger partial charge in [-0.25, -0.2) is 9.97 Å². The Morgan fingerprint density at radius 3 is 1.77 bits per heavy atom. The van der Waals surface area contributed by atoms with Crippen LogP contribution in [0.2, 0.25) is 0 Å². The molecule has 0 bridgehead atoms. The maximum atomic E-state index is 14.1. The van der Waals surface area contributed by atoms with Gasteiger partial charge in [0.15, 0.2) is 0 Å². The molecule has 43 heavy (non-hydrogen) atoms. The van der Waals surface area contributed by atoms with Gasteiger partial charge in [0, 0.05) is 32.3 Å². The fraction of sp³-hybridized carbons (Fsp3) is 0.0811. The van der Waals surface area contributed by atoms with Crippen LogP contribution in [0, 0.1) is 5.92 Å². The summed E-state index contributed by atoms with van der Waals surface area (Å²) in [7, 11) is 0. The lowest BCUT2D eigenvalue weighted by atomic mass is 9.86. The third kappa shape index (κ3) is 2.38. The van der Waals surface area contributed by atoms with Crippen LogP contribution in [0.4, 0.5) is 0 Å². The molecule has 0 aliphatic heterocycles. The molecule has 1 aliphatic rings. The average Bonchev–Trinajstić information content (AvgIpc) is 3.61. The Morgan fingerprint density at radius 2 is 1.12 bits per heavy atom. The Morgan fingerprint density at radius 1 is 0.605 bits per heavy atom. The van der Waals surface area contributed by atoms with E-state index in [-0.39, 0.29) is 11.1 Å². The summed E-state index contributed by atoms with van der Waals surface area (Å²) in [6.07, 6.45) is 5.24. The Labute approximate surface area is 241 Å². The van der Waals surface area contributed by atoms with Gasteiger partial charge in [-0.05, 0) is 81.1 Å². The molecule has 0 fully saturated rings. The Hall–Kier alpha value is -5.62. The second kappa shape index (κ2) is 7.05. The molecular weight excluding hydrogens is 532 g/mol. The van der Waals surface area contributed by atoms with Crippen molar-refractivity contribution >= 4 is 99.1 Å². The molecule has 200 valence electrons. The van der Waals surface area contributed by atoms with Crippen LogP contribution in [0.15, 0.2) is 82.4 Å². The first-order valence-electron chi connectivity index (χ1n) is 14.7. The highest BCUT2D eigenvalue weighted by Crippen LogP contribution is 2.45. The highest BCUT2D eigenvalue weighted by molar-refractivity contribution is 6.40. The van der Waals surface area contributed by atoms with Gasteiger partial charge < -0.3 is 0 Å². The molecule has 11 rings (SSSR count). The summed E-state index contributed by atoms with van der Waals surface area (Å²) in [5, 5.41) is 13.4. The lowest BCUT2D eigenvalue weighted by Gasteiger charge is -2.18. The van der Waals surface area contributed by atoms with Crippen LogP contribution < -0.4 is 21.8 Å². The predicted molar refractivity (Wildman–Crippen MR) is 175 cm³/mol. The number of aromatic nitrogens is 4. The second-order valence-corrected chi connectivity index (χ2v) is 12.1. The van der Waals surface area contributed by atoms with Crippen LogP contribution in [-0.2, 0) is 0 Å². The van der Waals surface area contributed by atoms with Gasteiger partial charge in [-0.15, -0.1) is 0 Å². The molecule has 6 aromatic carbocycles. The molecule has 6 heteroatoms. The molecule has 10 aromatic rings. The van der Waals surface area contributed by atoms with Crippen molar-refractivity contribution in [2.45, 2.75) is 13.3 Å². The number of rotatable bonds is 0. The third-order valence-corrected chi connectivity index (χ3v) is 9.88. The molecule has 0 N–H and O–H groups in total. The van der Waals surface area contributed by atoms with Gasteiger partial charge in [-0.3, -0.25) is 18.4 Å². The number of nitrogens with zero attached hydrogens (tertiary/aromatic N) is 4. The average molecular weight is 553 g/mol. The SMILES string of the molecule is CC1C=c2c(nc3c4ccc5c6ccc7c8c(ccc(c9ccc(c(=O)n23)c4c95)c68)c(=O)n2c3ccccc3nc72)=CC1. The molecule has 0 radical (unpaired) electrons. The van der Waals surface area contributed by atoms with Gasteiger partial charge in [0.25, 0.3) is 11.1 Å². The zero-order chi connectivity index (χ0) is 28.3. The summed E-state index contributed by atoms with van der Waals surface area (Å²) in [6.45, 7) is 2.17. The van der Waals surface area contributed by atoms with E-state index in [1.54, 1.807) is 8.80 Å². The predicted octanol–water partition coefficient (Wildman–Crippen LogP) is 5.69. The molecule has 1 atom stereocenters. The Kier molecular flexibility index (Phi) is 3.61.